The van der Waals surface area contributed by atoms with E-state index in [9.17, 15) is 15.0 Å². The van der Waals surface area contributed by atoms with E-state index >= 15 is 0 Å². The highest BCUT2D eigenvalue weighted by molar-refractivity contribution is 9.10. The Kier molecular flexibility index (Phi) is 3.22. The predicted molar refractivity (Wildman–Crippen MR) is 73.4 cm³/mol. The topological polar surface area (TPSA) is 73.7 Å². The lowest BCUT2D eigenvalue weighted by Crippen LogP contribution is -2.45. The summed E-state index contributed by atoms with van der Waals surface area (Å²) in [7, 11) is 0. The maximum Gasteiger partial charge on any atom is 0.339 e. The first-order valence-electron chi connectivity index (χ1n) is 6.41. The fourth-order valence-corrected chi connectivity index (χ4v) is 3.62. The minimum atomic E-state index is -0.964. The van der Waals surface area contributed by atoms with E-state index in [1.54, 1.807) is 12.3 Å². The summed E-state index contributed by atoms with van der Waals surface area (Å²) in [5.41, 5.74) is 0.225. The smallest absolute Gasteiger partial charge is 0.339 e. The van der Waals surface area contributed by atoms with Crippen LogP contribution in [0.15, 0.2) is 16.7 Å². The van der Waals surface area contributed by atoms with E-state index in [2.05, 4.69) is 25.8 Å². The van der Waals surface area contributed by atoms with Crippen molar-refractivity contribution in [1.82, 2.24) is 4.98 Å². The van der Waals surface area contributed by atoms with Crippen LogP contribution in [-0.4, -0.2) is 39.4 Å². The third kappa shape index (κ3) is 2.23. The number of nitrogens with zero attached hydrogens (tertiary/aromatic N) is 2. The number of fused-ring (bicyclic) bond motifs is 2. The van der Waals surface area contributed by atoms with Crippen LogP contribution in [-0.2, 0) is 0 Å². The van der Waals surface area contributed by atoms with Gasteiger partial charge in [0.2, 0.25) is 0 Å². The number of aliphatic hydroxyl groups is 1. The van der Waals surface area contributed by atoms with Gasteiger partial charge >= 0.3 is 5.97 Å². The van der Waals surface area contributed by atoms with E-state index in [0.29, 0.717) is 23.1 Å². The Bertz CT molecular complexity index is 509. The lowest BCUT2D eigenvalue weighted by Gasteiger charge is -2.38. The molecule has 0 aliphatic carbocycles. The molecule has 2 fully saturated rings. The van der Waals surface area contributed by atoms with Crippen molar-refractivity contribution < 1.29 is 15.0 Å². The molecule has 2 bridgehead atoms. The van der Waals surface area contributed by atoms with Gasteiger partial charge in [-0.15, -0.1) is 0 Å². The van der Waals surface area contributed by atoms with Crippen LogP contribution >= 0.6 is 15.9 Å². The lowest BCUT2D eigenvalue weighted by atomic mass is 9.99. The lowest BCUT2D eigenvalue weighted by molar-refractivity contribution is 0.0696. The number of hydrogen-bond acceptors (Lipinski definition) is 4. The molecule has 6 heteroatoms. The van der Waals surface area contributed by atoms with Gasteiger partial charge in [-0.05, 0) is 47.7 Å². The van der Waals surface area contributed by atoms with Crippen molar-refractivity contribution >= 4 is 27.7 Å². The van der Waals surface area contributed by atoms with Gasteiger partial charge in [0.1, 0.15) is 11.4 Å². The van der Waals surface area contributed by atoms with Crippen molar-refractivity contribution in [1.29, 1.82) is 0 Å². The maximum atomic E-state index is 11.4. The molecule has 102 valence electrons. The third-order valence-electron chi connectivity index (χ3n) is 4.02. The summed E-state index contributed by atoms with van der Waals surface area (Å²) in [6.07, 6.45) is 4.77. The average molecular weight is 327 g/mol. The molecule has 0 radical (unpaired) electrons. The van der Waals surface area contributed by atoms with Crippen LogP contribution in [0.3, 0.4) is 0 Å². The number of rotatable bonds is 2. The average Bonchev–Trinajstić information content (AvgIpc) is 2.62. The van der Waals surface area contributed by atoms with Gasteiger partial charge < -0.3 is 15.1 Å². The SMILES string of the molecule is O=C(O)c1cc(Br)cnc1N1C2CCC1CC(O)C2. The molecule has 2 unspecified atom stereocenters. The van der Waals surface area contributed by atoms with Crippen LogP contribution in [0.1, 0.15) is 36.0 Å². The van der Waals surface area contributed by atoms with Crippen LogP contribution in [0.25, 0.3) is 0 Å². The molecule has 0 aromatic carbocycles. The summed E-state index contributed by atoms with van der Waals surface area (Å²) in [4.78, 5) is 17.8. The summed E-state index contributed by atoms with van der Waals surface area (Å²) < 4.78 is 0.665. The normalized spacial score (nSPS) is 29.6. The molecule has 1 aromatic heterocycles. The first-order chi connectivity index (χ1) is 9.06. The Labute approximate surface area is 119 Å². The van der Waals surface area contributed by atoms with Gasteiger partial charge in [0, 0.05) is 22.8 Å². The van der Waals surface area contributed by atoms with Gasteiger partial charge in [-0.1, -0.05) is 0 Å². The van der Waals surface area contributed by atoms with E-state index < -0.39 is 5.97 Å². The molecule has 1 aromatic rings. The fraction of sp³-hybridized carbons (Fsp3) is 0.538. The van der Waals surface area contributed by atoms with Gasteiger partial charge in [-0.3, -0.25) is 0 Å². The summed E-state index contributed by atoms with van der Waals surface area (Å²) >= 11 is 3.26. The summed E-state index contributed by atoms with van der Waals surface area (Å²) in [6.45, 7) is 0. The Morgan fingerprint density at radius 3 is 2.58 bits per heavy atom. The summed E-state index contributed by atoms with van der Waals surface area (Å²) in [5, 5.41) is 19.1. The van der Waals surface area contributed by atoms with Crippen molar-refractivity contribution in [3.8, 4) is 0 Å². The zero-order valence-electron chi connectivity index (χ0n) is 10.3. The quantitative estimate of drug-likeness (QED) is 0.870. The van der Waals surface area contributed by atoms with E-state index in [0.717, 1.165) is 12.8 Å². The van der Waals surface area contributed by atoms with Gasteiger partial charge in [0.05, 0.1) is 6.10 Å². The van der Waals surface area contributed by atoms with E-state index in [4.69, 9.17) is 0 Å². The molecule has 2 N–H and O–H groups in total. The molecule has 2 aliphatic rings. The van der Waals surface area contributed by atoms with E-state index in [1.165, 1.54) is 0 Å². The Hall–Kier alpha value is -1.14. The molecular formula is C13H15BrN2O3. The predicted octanol–water partition coefficient (Wildman–Crippen LogP) is 2.03. The number of aromatic nitrogens is 1. The van der Waals surface area contributed by atoms with Crippen molar-refractivity contribution in [2.45, 2.75) is 43.9 Å². The highest BCUT2D eigenvalue weighted by Crippen LogP contribution is 2.40. The van der Waals surface area contributed by atoms with Crippen LogP contribution in [0.2, 0.25) is 0 Å². The van der Waals surface area contributed by atoms with Crippen LogP contribution in [0.5, 0.6) is 0 Å². The number of piperidine rings is 1. The highest BCUT2D eigenvalue weighted by atomic mass is 79.9. The summed E-state index contributed by atoms with van der Waals surface area (Å²) in [5.74, 6) is -0.426. The van der Waals surface area contributed by atoms with Gasteiger partial charge in [-0.25, -0.2) is 9.78 Å². The monoisotopic (exact) mass is 326 g/mol. The molecule has 5 nitrogen and oxygen atoms in total. The molecule has 3 rings (SSSR count). The number of carboxylic acids is 1. The van der Waals surface area contributed by atoms with Crippen molar-refractivity contribution in [2.75, 3.05) is 4.90 Å². The number of anilines is 1. The first-order valence-corrected chi connectivity index (χ1v) is 7.21. The maximum absolute atomic E-state index is 11.4. The van der Waals surface area contributed by atoms with Gasteiger partial charge in [0.25, 0.3) is 0 Å². The Morgan fingerprint density at radius 1 is 1.37 bits per heavy atom. The Morgan fingerprint density at radius 2 is 2.00 bits per heavy atom. The molecular weight excluding hydrogens is 312 g/mol. The second kappa shape index (κ2) is 4.76. The molecule has 19 heavy (non-hydrogen) atoms. The fourth-order valence-electron chi connectivity index (χ4n) is 3.29. The zero-order valence-corrected chi connectivity index (χ0v) is 11.9. The highest BCUT2D eigenvalue weighted by Gasteiger charge is 2.42. The second-order valence-electron chi connectivity index (χ2n) is 5.25. The molecule has 2 atom stereocenters. The number of aliphatic hydroxyl groups excluding tert-OH is 1. The largest absolute Gasteiger partial charge is 0.478 e. The molecule has 3 heterocycles. The first kappa shape index (κ1) is 12.9. The molecule has 0 saturated carbocycles. The van der Waals surface area contributed by atoms with Crippen LogP contribution in [0.4, 0.5) is 5.82 Å². The van der Waals surface area contributed by atoms with Gasteiger partial charge in [-0.2, -0.15) is 0 Å². The van der Waals surface area contributed by atoms with Gasteiger partial charge in [0.15, 0.2) is 0 Å². The van der Waals surface area contributed by atoms with Crippen molar-refractivity contribution in [2.24, 2.45) is 0 Å². The molecule has 2 aliphatic heterocycles. The standard InChI is InChI=1S/C13H15BrN2O3/c14-7-3-11(13(18)19)12(15-6-7)16-8-1-2-9(16)5-10(17)4-8/h3,6,8-10,17H,1-2,4-5H2,(H,18,19). The van der Waals surface area contributed by atoms with E-state index in [-0.39, 0.29) is 23.8 Å². The van der Waals surface area contributed by atoms with Crippen LogP contribution in [0, 0.1) is 0 Å². The second-order valence-corrected chi connectivity index (χ2v) is 6.16. The number of halogens is 1. The minimum absolute atomic E-state index is 0.209. The number of aromatic carboxylic acids is 1. The van der Waals surface area contributed by atoms with Crippen molar-refractivity contribution in [3.05, 3.63) is 22.3 Å². The summed E-state index contributed by atoms with van der Waals surface area (Å²) in [6, 6.07) is 2.01. The minimum Gasteiger partial charge on any atom is -0.478 e. The van der Waals surface area contributed by atoms with Crippen LogP contribution < -0.4 is 4.90 Å². The Balaban J connectivity index is 2.01. The molecule has 2 saturated heterocycles. The number of carbonyl (C=O) groups is 1. The van der Waals surface area contributed by atoms with E-state index in [1.807, 2.05) is 0 Å². The third-order valence-corrected chi connectivity index (χ3v) is 4.45. The molecule has 0 amide bonds. The number of hydrogen-bond donors (Lipinski definition) is 2. The number of pyridine rings is 1. The zero-order chi connectivity index (χ0) is 13.6. The molecule has 0 spiro atoms. The van der Waals surface area contributed by atoms with Crippen molar-refractivity contribution in [3.63, 3.8) is 0 Å². The number of carboxylic acid groups (broad SMARTS) is 1.